The Labute approximate surface area is 209 Å². The number of urea groups is 1. The van der Waals surface area contributed by atoms with Crippen molar-refractivity contribution in [2.24, 2.45) is 5.73 Å². The Hall–Kier alpha value is -3.31. The highest BCUT2D eigenvalue weighted by molar-refractivity contribution is 6.32. The highest BCUT2D eigenvalue weighted by Gasteiger charge is 2.41. The van der Waals surface area contributed by atoms with Crippen LogP contribution < -0.4 is 15.8 Å². The summed E-state index contributed by atoms with van der Waals surface area (Å²) in [7, 11) is 0. The van der Waals surface area contributed by atoms with Gasteiger partial charge in [0.1, 0.15) is 11.6 Å². The molecule has 0 aromatic heterocycles. The molecular weight excluding hydrogens is 504 g/mol. The molecule has 36 heavy (non-hydrogen) atoms. The average molecular weight is 527 g/mol. The monoisotopic (exact) mass is 526 g/mol. The van der Waals surface area contributed by atoms with Crippen LogP contribution in [0.2, 0.25) is 5.02 Å². The van der Waals surface area contributed by atoms with Gasteiger partial charge in [-0.25, -0.2) is 9.18 Å². The van der Waals surface area contributed by atoms with E-state index < -0.39 is 23.2 Å². The number of carbonyl (C=O) groups is 2. The Morgan fingerprint density at radius 3 is 2.36 bits per heavy atom. The summed E-state index contributed by atoms with van der Waals surface area (Å²) in [6.07, 6.45) is -0.802. The van der Waals surface area contributed by atoms with Crippen molar-refractivity contribution < 1.29 is 31.9 Å². The maximum Gasteiger partial charge on any atom is 0.573 e. The van der Waals surface area contributed by atoms with Crippen molar-refractivity contribution in [1.82, 2.24) is 9.80 Å². The van der Waals surface area contributed by atoms with Crippen LogP contribution in [-0.2, 0) is 11.3 Å². The number of rotatable bonds is 6. The summed E-state index contributed by atoms with van der Waals surface area (Å²) in [5.74, 6) is -1.28. The zero-order valence-electron chi connectivity index (χ0n) is 18.9. The normalized spacial score (nSPS) is 20.1. The number of likely N-dealkylation sites (tertiary alicyclic amines) is 1. The first-order valence-electron chi connectivity index (χ1n) is 11.1. The maximum atomic E-state index is 13.2. The minimum absolute atomic E-state index is 0.0261. The van der Waals surface area contributed by atoms with E-state index in [9.17, 15) is 27.2 Å². The molecule has 2 saturated heterocycles. The topological polar surface area (TPSA) is 87.9 Å². The summed E-state index contributed by atoms with van der Waals surface area (Å²) < 4.78 is 55.3. The molecule has 12 heteroatoms. The number of anilines is 1. The first-order chi connectivity index (χ1) is 17.0. The first-order valence-corrected chi connectivity index (χ1v) is 11.5. The molecule has 2 bridgehead atoms. The van der Waals surface area contributed by atoms with Gasteiger partial charge in [0, 0.05) is 43.4 Å². The van der Waals surface area contributed by atoms with Crippen LogP contribution in [0.1, 0.15) is 24.0 Å². The molecular formula is C24H23ClF4N4O3. The maximum absolute atomic E-state index is 13.2. The molecule has 7 nitrogen and oxygen atoms in total. The fourth-order valence-electron chi connectivity index (χ4n) is 4.73. The second-order valence-electron chi connectivity index (χ2n) is 8.69. The van der Waals surface area contributed by atoms with Gasteiger partial charge in [0.05, 0.1) is 10.7 Å². The molecule has 192 valence electrons. The number of piperazine rings is 1. The number of alkyl halides is 3. The number of halogens is 5. The lowest BCUT2D eigenvalue weighted by Gasteiger charge is -2.40. The molecule has 3 amide bonds. The Morgan fingerprint density at radius 1 is 1.14 bits per heavy atom. The van der Waals surface area contributed by atoms with E-state index in [0.29, 0.717) is 19.6 Å². The number of benzene rings is 2. The van der Waals surface area contributed by atoms with Crippen LogP contribution in [0.15, 0.2) is 42.5 Å². The van der Waals surface area contributed by atoms with Crippen LogP contribution in [0.5, 0.6) is 5.75 Å². The van der Waals surface area contributed by atoms with Crippen LogP contribution in [0.25, 0.3) is 6.08 Å². The number of carbonyl (C=O) groups excluding carboxylic acids is 2. The van der Waals surface area contributed by atoms with Crippen molar-refractivity contribution in [3.8, 4) is 5.75 Å². The zero-order valence-corrected chi connectivity index (χ0v) is 19.7. The van der Waals surface area contributed by atoms with Crippen molar-refractivity contribution in [3.05, 3.63) is 64.4 Å². The summed E-state index contributed by atoms with van der Waals surface area (Å²) in [6, 6.07) is 7.33. The van der Waals surface area contributed by atoms with Crippen molar-refractivity contribution in [3.63, 3.8) is 0 Å². The Morgan fingerprint density at radius 2 is 1.78 bits per heavy atom. The highest BCUT2D eigenvalue weighted by atomic mass is 35.5. The van der Waals surface area contributed by atoms with E-state index in [4.69, 9.17) is 17.3 Å². The van der Waals surface area contributed by atoms with E-state index >= 15 is 0 Å². The van der Waals surface area contributed by atoms with E-state index in [-0.39, 0.29) is 35.1 Å². The minimum atomic E-state index is -4.98. The van der Waals surface area contributed by atoms with Gasteiger partial charge in [-0.1, -0.05) is 23.7 Å². The van der Waals surface area contributed by atoms with E-state index in [1.54, 1.807) is 17.0 Å². The van der Waals surface area contributed by atoms with E-state index in [1.807, 2.05) is 0 Å². The molecule has 2 fully saturated rings. The number of nitrogens with two attached hydrogens (primary N) is 1. The Balaban J connectivity index is 1.49. The lowest BCUT2D eigenvalue weighted by Crippen LogP contribution is -2.55. The highest BCUT2D eigenvalue weighted by Crippen LogP contribution is 2.36. The molecule has 0 spiro atoms. The number of nitrogens with zero attached hydrogens (tertiary/aromatic N) is 2. The second kappa shape index (κ2) is 10.4. The van der Waals surface area contributed by atoms with Gasteiger partial charge in [-0.15, -0.1) is 13.2 Å². The third-order valence-corrected chi connectivity index (χ3v) is 6.42. The number of fused-ring (bicyclic) bond motifs is 2. The average Bonchev–Trinajstić information content (AvgIpc) is 3.05. The van der Waals surface area contributed by atoms with Gasteiger partial charge < -0.3 is 20.7 Å². The molecule has 2 unspecified atom stereocenters. The lowest BCUT2D eigenvalue weighted by atomic mass is 10.1. The molecule has 2 aromatic rings. The number of nitrogens with one attached hydrogen (secondary N) is 1. The summed E-state index contributed by atoms with van der Waals surface area (Å²) in [4.78, 5) is 28.4. The number of ether oxygens (including phenoxy) is 1. The molecule has 2 aliphatic heterocycles. The Kier molecular flexibility index (Phi) is 7.41. The van der Waals surface area contributed by atoms with Gasteiger partial charge >= 0.3 is 12.4 Å². The number of primary amides is 1. The van der Waals surface area contributed by atoms with Crippen LogP contribution in [0.3, 0.4) is 0 Å². The Bertz CT molecular complexity index is 1160. The molecule has 0 radical (unpaired) electrons. The zero-order chi connectivity index (χ0) is 26.0. The van der Waals surface area contributed by atoms with Gasteiger partial charge in [-0.05, 0) is 48.7 Å². The fourth-order valence-corrected chi connectivity index (χ4v) is 4.93. The van der Waals surface area contributed by atoms with Gasteiger partial charge in [0.15, 0.2) is 0 Å². The molecule has 4 rings (SSSR count). The van der Waals surface area contributed by atoms with Crippen molar-refractivity contribution >= 4 is 35.3 Å². The minimum Gasteiger partial charge on any atom is -0.404 e. The summed E-state index contributed by atoms with van der Waals surface area (Å²) in [5, 5.41) is 1.89. The van der Waals surface area contributed by atoms with Crippen LogP contribution in [0.4, 0.5) is 28.0 Å². The van der Waals surface area contributed by atoms with Crippen molar-refractivity contribution in [1.29, 1.82) is 0 Å². The lowest BCUT2D eigenvalue weighted by molar-refractivity contribution is -0.274. The number of hydrogen-bond acceptors (Lipinski definition) is 4. The molecule has 3 N–H and O–H groups in total. The van der Waals surface area contributed by atoms with E-state index in [2.05, 4.69) is 15.0 Å². The fraction of sp³-hybridized carbons (Fsp3) is 0.333. The van der Waals surface area contributed by atoms with Crippen molar-refractivity contribution in [2.75, 3.05) is 18.4 Å². The van der Waals surface area contributed by atoms with Gasteiger partial charge in [-0.3, -0.25) is 9.69 Å². The molecule has 2 atom stereocenters. The summed E-state index contributed by atoms with van der Waals surface area (Å²) >= 11 is 5.86. The molecule has 2 aromatic carbocycles. The van der Waals surface area contributed by atoms with Crippen LogP contribution in [0, 0.1) is 5.82 Å². The third kappa shape index (κ3) is 6.27. The van der Waals surface area contributed by atoms with Gasteiger partial charge in [0.2, 0.25) is 5.91 Å². The summed E-state index contributed by atoms with van der Waals surface area (Å²) in [6.45, 7) is 1.93. The third-order valence-electron chi connectivity index (χ3n) is 6.12. The summed E-state index contributed by atoms with van der Waals surface area (Å²) in [5.41, 5.74) is 6.22. The molecule has 2 aliphatic rings. The van der Waals surface area contributed by atoms with Crippen LogP contribution >= 0.6 is 11.6 Å². The number of amides is 3. The predicted molar refractivity (Wildman–Crippen MR) is 126 cm³/mol. The van der Waals surface area contributed by atoms with E-state index in [1.165, 1.54) is 24.3 Å². The molecule has 0 aliphatic carbocycles. The van der Waals surface area contributed by atoms with Crippen LogP contribution in [-0.4, -0.2) is 53.3 Å². The largest absolute Gasteiger partial charge is 0.573 e. The smallest absolute Gasteiger partial charge is 0.404 e. The van der Waals surface area contributed by atoms with Gasteiger partial charge in [0.25, 0.3) is 0 Å². The van der Waals surface area contributed by atoms with E-state index in [0.717, 1.165) is 30.5 Å². The quantitative estimate of drug-likeness (QED) is 0.420. The predicted octanol–water partition coefficient (Wildman–Crippen LogP) is 4.76. The number of hydrogen-bond donors (Lipinski definition) is 2. The molecule has 2 heterocycles. The second-order valence-corrected chi connectivity index (χ2v) is 9.10. The standard InChI is InChI=1S/C24H23ClF4N4O3/c25-19-10-20(31-23(30)35)15(9-21(19)36-24(27,28)29)3-8-22(34)33-17-6-7-18(33)13-32(12-17)11-14-1-4-16(26)5-2-14/h1-5,8-10,17-18H,6-7,11-13H2,(H3,30,31,35)/b8-3+. The van der Waals surface area contributed by atoms with Crippen molar-refractivity contribution in [2.45, 2.75) is 37.8 Å². The molecule has 0 saturated carbocycles. The van der Waals surface area contributed by atoms with Gasteiger partial charge in [-0.2, -0.15) is 0 Å². The SMILES string of the molecule is NC(=O)Nc1cc(Cl)c(OC(F)(F)F)cc1/C=C/C(=O)N1C2CCC1CN(Cc1ccc(F)cc1)C2. The first kappa shape index (κ1) is 25.8.